The number of aliphatic carboxylic acids is 1. The van der Waals surface area contributed by atoms with Crippen molar-refractivity contribution in [1.29, 1.82) is 0 Å². The topological polar surface area (TPSA) is 322 Å². The number of aliphatic hydroxyl groups excluding tert-OH is 1. The fraction of sp³-hybridized carbons (Fsp3) is 0.576. The van der Waals surface area contributed by atoms with Gasteiger partial charge in [-0.15, -0.1) is 0 Å². The van der Waals surface area contributed by atoms with E-state index in [1.54, 1.807) is 42.7 Å². The minimum Gasteiger partial charge on any atom is -0.508 e. The van der Waals surface area contributed by atoms with Gasteiger partial charge in [-0.1, -0.05) is 61.7 Å². The van der Waals surface area contributed by atoms with E-state index < -0.39 is 40.4 Å². The third kappa shape index (κ3) is 23.6. The van der Waals surface area contributed by atoms with E-state index in [2.05, 4.69) is 77.9 Å². The molecule has 5 N–H and O–H groups in total. The number of phenols is 2. The zero-order chi connectivity index (χ0) is 87.4. The van der Waals surface area contributed by atoms with Gasteiger partial charge in [-0.05, 0) is 217 Å². The van der Waals surface area contributed by atoms with Gasteiger partial charge in [0.1, 0.15) is 59.2 Å². The number of hydrogen-bond donors (Lipinski definition) is 5. The number of nitrogens with zero attached hydrogens (tertiary/aromatic N) is 13. The van der Waals surface area contributed by atoms with Gasteiger partial charge in [-0.2, -0.15) is 19.9 Å². The monoisotopic (exact) mass is 1860 g/mol. The Hall–Kier alpha value is -9.73. The predicted molar refractivity (Wildman–Crippen MR) is 471 cm³/mol. The van der Waals surface area contributed by atoms with Crippen molar-refractivity contribution in [3.05, 3.63) is 128 Å². The first-order chi connectivity index (χ1) is 56.3. The van der Waals surface area contributed by atoms with Crippen molar-refractivity contribution >= 4 is 80.6 Å². The number of carbonyl (C=O) groups is 6. The molecule has 0 spiro atoms. The SMILES string of the molecule is C=CC(=O)N1CCN(c2nc(OC[C@H]3CCC(C)(C)N3)nc3c2CCN(c2cc(O)cc4ccccc24)C3)CC1.C=CC(=O)N1CCN(c2nc(OC[C@H]3CCC(C)(C)N3C(=O)OC(C)(C)C)nc3c2CCN(c2cc(O)cc4ccccc24)C3)CC1.CC(C)(C)OC(=O)N1[C@@H](C(=O)O)CCC1(C)C.CC(C)(C)OC(=O)N1[C@@H](CO)CCC1(C)C.[CH3-].[W]. The fourth-order valence-electron chi connectivity index (χ4n) is 17.5. The number of carboxylic acid groups (broad SMARTS) is 1. The van der Waals surface area contributed by atoms with E-state index in [1.165, 1.54) is 17.1 Å². The van der Waals surface area contributed by atoms with E-state index in [-0.39, 0.29) is 118 Å². The molecule has 0 bridgehead atoms. The molecule has 10 heterocycles. The third-order valence-corrected chi connectivity index (χ3v) is 23.5. The summed E-state index contributed by atoms with van der Waals surface area (Å²) >= 11 is 0. The maximum absolute atomic E-state index is 13.3. The summed E-state index contributed by atoms with van der Waals surface area (Å²) in [6, 6.07) is 23.3. The van der Waals surface area contributed by atoms with Gasteiger partial charge in [-0.25, -0.2) is 19.2 Å². The zero-order valence-electron chi connectivity index (χ0n) is 75.0. The quantitative estimate of drug-likeness (QED) is 0.0384. The number of phenolic OH excluding ortho intramolecular Hbond substituents is 2. The number of aromatic nitrogens is 4. The number of anilines is 4. The van der Waals surface area contributed by atoms with Crippen LogP contribution in [0.4, 0.5) is 37.4 Å². The molecule has 2 aromatic heterocycles. The Morgan fingerprint density at radius 3 is 1.28 bits per heavy atom. The molecule has 6 fully saturated rings. The van der Waals surface area contributed by atoms with Crippen LogP contribution in [0.1, 0.15) is 192 Å². The summed E-state index contributed by atoms with van der Waals surface area (Å²) in [7, 11) is 0. The second-order valence-corrected chi connectivity index (χ2v) is 38.1. The van der Waals surface area contributed by atoms with Gasteiger partial charge in [0.05, 0.1) is 43.2 Å². The Morgan fingerprint density at radius 2 is 0.885 bits per heavy atom. The molecule has 5 amide bonds. The van der Waals surface area contributed by atoms with Crippen LogP contribution in [-0.2, 0) is 75.6 Å². The molecule has 8 aliphatic rings. The molecule has 0 radical (unpaired) electrons. The van der Waals surface area contributed by atoms with E-state index in [4.69, 9.17) is 48.7 Å². The van der Waals surface area contributed by atoms with E-state index in [0.717, 1.165) is 125 Å². The molecule has 8 aliphatic heterocycles. The first-order valence-electron chi connectivity index (χ1n) is 42.3. The third-order valence-electron chi connectivity index (χ3n) is 23.5. The summed E-state index contributed by atoms with van der Waals surface area (Å²) < 4.78 is 29.0. The van der Waals surface area contributed by atoms with E-state index in [0.29, 0.717) is 97.3 Å². The number of carbonyl (C=O) groups excluding carboxylic acids is 5. The number of nitrogens with one attached hydrogen (secondary N) is 1. The molecule has 6 saturated heterocycles. The van der Waals surface area contributed by atoms with Crippen LogP contribution in [0.3, 0.4) is 0 Å². The Morgan fingerprint density at radius 1 is 0.500 bits per heavy atom. The van der Waals surface area contributed by atoms with Crippen molar-refractivity contribution in [2.45, 2.75) is 258 Å². The first kappa shape index (κ1) is 96.1. The number of ether oxygens (including phenoxy) is 5. The summed E-state index contributed by atoms with van der Waals surface area (Å²) in [6.07, 6.45) is 9.67. The molecule has 30 heteroatoms. The number of benzene rings is 4. The van der Waals surface area contributed by atoms with Crippen LogP contribution in [0, 0.1) is 7.43 Å². The first-order valence-corrected chi connectivity index (χ1v) is 42.3. The fourth-order valence-corrected chi connectivity index (χ4v) is 17.5. The molecule has 0 saturated carbocycles. The zero-order valence-corrected chi connectivity index (χ0v) is 77.9. The molecule has 29 nitrogen and oxygen atoms in total. The van der Waals surface area contributed by atoms with Gasteiger partial charge < -0.3 is 86.3 Å². The van der Waals surface area contributed by atoms with Gasteiger partial charge in [0, 0.05) is 160 Å². The number of aromatic hydroxyl groups is 2. The number of likely N-dealkylation sites (tertiary alicyclic amines) is 3. The number of piperazine rings is 2. The average molecular weight is 1860 g/mol. The van der Waals surface area contributed by atoms with Crippen molar-refractivity contribution in [2.75, 3.05) is 105 Å². The minimum absolute atomic E-state index is 0. The largest absolute Gasteiger partial charge is 0.508 e. The Balaban J connectivity index is 0.000000202. The van der Waals surface area contributed by atoms with Gasteiger partial charge in [0.25, 0.3) is 0 Å². The summed E-state index contributed by atoms with van der Waals surface area (Å²) in [4.78, 5) is 110. The van der Waals surface area contributed by atoms with E-state index in [1.807, 2.05) is 128 Å². The molecular formula is C92H131N14O15W-. The maximum Gasteiger partial charge on any atom is 0.411 e. The Kier molecular flexibility index (Phi) is 30.7. The number of hydrogen-bond acceptors (Lipinski definition) is 23. The second-order valence-electron chi connectivity index (χ2n) is 38.1. The van der Waals surface area contributed by atoms with Crippen molar-refractivity contribution < 1.29 is 93.9 Å². The summed E-state index contributed by atoms with van der Waals surface area (Å²) in [5, 5.41) is 47.2. The average Bonchev–Trinajstić information content (AvgIpc) is 1.56. The molecule has 0 unspecified atom stereocenters. The van der Waals surface area contributed by atoms with Crippen molar-refractivity contribution in [1.82, 2.24) is 49.8 Å². The van der Waals surface area contributed by atoms with Gasteiger partial charge in [-0.3, -0.25) is 24.3 Å². The minimum atomic E-state index is -0.971. The standard InChI is InChI=1S/C36H46N6O5.C31H38N6O3.C12H21NO4.C12H23NO3.CH3.W/c1-7-31(44)39-16-18-40(19-17-39)32-28-13-15-41(30-21-26(43)20-24-10-8-9-11-27(24)30)22-29(28)37-33(38-32)46-23-25-12-14-36(5,6)42(25)34(45)47-35(2,3)4;1-4-28(39)35-13-15-36(16-14-35)29-25-10-12-37(27-18-23(38)17-21-7-5-6-8-24(21)27)19-26(25)32-30(33-29)40-20-22-9-11-31(2,3)34-22;1-11(2,3)17-10(16)13-8(9(14)15)6-7-12(13,4)5;1-11(2,3)16-10(15)13-9(8-14)6-7-12(13,4)5;;/h7-11,20-21,25,43H,1,12-19,22-23H2,2-6H3;4-8,17-18,22,34,38H,1,9-16,19-20H2,2-3H3;8H,6-7H2,1-5H3,(H,14,15);9,14H,6-8H2,1-5H3;1H3;/q;;;;-1;/t25-;22-;8-;9-;;/m1111../s1. The second kappa shape index (κ2) is 39.0. The summed E-state index contributed by atoms with van der Waals surface area (Å²) in [5.74, 6) is 1.14. The predicted octanol–water partition coefficient (Wildman–Crippen LogP) is 13.8. The van der Waals surface area contributed by atoms with E-state index in [9.17, 15) is 44.1 Å². The number of aliphatic hydroxyl groups is 1. The number of carboxylic acids is 1. The van der Waals surface area contributed by atoms with Crippen LogP contribution >= 0.6 is 0 Å². The van der Waals surface area contributed by atoms with Gasteiger partial charge in [0.2, 0.25) is 11.8 Å². The normalized spacial score (nSPS) is 20.7. The molecular weight excluding hydrogens is 1720 g/mol. The number of amides is 5. The number of rotatable bonds is 14. The van der Waals surface area contributed by atoms with E-state index >= 15 is 0 Å². The van der Waals surface area contributed by atoms with Crippen LogP contribution in [-0.4, -0.2) is 249 Å². The van der Waals surface area contributed by atoms with Crippen molar-refractivity contribution in [3.8, 4) is 23.5 Å². The van der Waals surface area contributed by atoms with Gasteiger partial charge in [0.15, 0.2) is 0 Å². The van der Waals surface area contributed by atoms with Gasteiger partial charge >= 0.3 is 36.3 Å². The molecule has 14 rings (SSSR count). The van der Waals surface area contributed by atoms with Crippen LogP contribution in [0.25, 0.3) is 21.5 Å². The van der Waals surface area contributed by atoms with Crippen molar-refractivity contribution in [3.63, 3.8) is 0 Å². The van der Waals surface area contributed by atoms with Crippen LogP contribution in [0.2, 0.25) is 0 Å². The number of fused-ring (bicyclic) bond motifs is 4. The van der Waals surface area contributed by atoms with Crippen LogP contribution in [0.15, 0.2) is 98.1 Å². The smallest absolute Gasteiger partial charge is 0.411 e. The Labute approximate surface area is 734 Å². The van der Waals surface area contributed by atoms with Crippen LogP contribution in [0.5, 0.6) is 23.5 Å². The maximum atomic E-state index is 13.3. The molecule has 4 atom stereocenters. The Bertz CT molecular complexity index is 4730. The molecule has 4 aromatic carbocycles. The molecule has 666 valence electrons. The van der Waals surface area contributed by atoms with Crippen LogP contribution < -0.4 is 34.4 Å². The summed E-state index contributed by atoms with van der Waals surface area (Å²) in [6.45, 7) is 48.5. The summed E-state index contributed by atoms with van der Waals surface area (Å²) in [5.41, 5.74) is 3.31. The molecule has 122 heavy (non-hydrogen) atoms. The molecule has 6 aromatic rings. The molecule has 0 aliphatic carbocycles. The van der Waals surface area contributed by atoms with Crippen molar-refractivity contribution in [2.24, 2.45) is 0 Å².